The Kier molecular flexibility index (Phi) is 4.20. The number of primary amides is 1. The number of rotatable bonds is 2. The first-order valence-electron chi connectivity index (χ1n) is 4.99. The first-order valence-corrected chi connectivity index (χ1v) is 5.43. The molecule has 1 atom stereocenters. The molecule has 3 N–H and O–H groups in total. The van der Waals surface area contributed by atoms with E-state index in [9.17, 15) is 9.59 Å². The molecule has 15 heavy (non-hydrogen) atoms. The Morgan fingerprint density at radius 1 is 1.47 bits per heavy atom. The van der Waals surface area contributed by atoms with Crippen molar-refractivity contribution >= 4 is 23.5 Å². The molecule has 1 aliphatic heterocycles. The van der Waals surface area contributed by atoms with E-state index in [0.29, 0.717) is 13.1 Å². The number of hydrogen-bond donors (Lipinski definition) is 2. The Bertz CT molecular complexity index is 250. The predicted octanol–water partition coefficient (Wildman–Crippen LogP) is 0.273. The molecule has 1 unspecified atom stereocenters. The maximum atomic E-state index is 11.5. The molecule has 0 aromatic rings. The molecule has 5 nitrogen and oxygen atoms in total. The van der Waals surface area contributed by atoms with Crippen LogP contribution in [0.4, 0.5) is 4.79 Å². The second kappa shape index (κ2) is 5.21. The van der Waals surface area contributed by atoms with Crippen LogP contribution in [0.3, 0.4) is 0 Å². The van der Waals surface area contributed by atoms with Gasteiger partial charge >= 0.3 is 6.03 Å². The highest BCUT2D eigenvalue weighted by molar-refractivity contribution is 6.30. The largest absolute Gasteiger partial charge is 0.352 e. The Morgan fingerprint density at radius 2 is 2.00 bits per heavy atom. The summed E-state index contributed by atoms with van der Waals surface area (Å²) in [5.41, 5.74) is 5.01. The number of nitrogens with two attached hydrogens (primary N) is 1. The van der Waals surface area contributed by atoms with E-state index in [0.717, 1.165) is 12.8 Å². The molecule has 6 heteroatoms. The third-order valence-corrected chi connectivity index (χ3v) is 2.68. The molecule has 1 aliphatic rings. The van der Waals surface area contributed by atoms with Crippen LogP contribution in [0.25, 0.3) is 0 Å². The number of nitrogens with zero attached hydrogens (tertiary/aromatic N) is 1. The standard InChI is InChI=1S/C9H16ClN3O2/c1-6(10)8(14)13-4-2-7(3-5-13)12-9(11)15/h6-7H,2-5H2,1H3,(H3,11,12,15). The van der Waals surface area contributed by atoms with Crippen LogP contribution in [-0.4, -0.2) is 41.3 Å². The molecule has 1 heterocycles. The quantitative estimate of drug-likeness (QED) is 0.672. The van der Waals surface area contributed by atoms with Crippen molar-refractivity contribution in [2.45, 2.75) is 31.2 Å². The number of carbonyl (C=O) groups excluding carboxylic acids is 2. The lowest BCUT2D eigenvalue weighted by atomic mass is 10.1. The first-order chi connectivity index (χ1) is 7.00. The Labute approximate surface area is 93.9 Å². The van der Waals surface area contributed by atoms with Gasteiger partial charge in [-0.1, -0.05) is 0 Å². The Balaban J connectivity index is 2.35. The van der Waals surface area contributed by atoms with E-state index in [-0.39, 0.29) is 11.9 Å². The summed E-state index contributed by atoms with van der Waals surface area (Å²) in [6.45, 7) is 2.92. The first kappa shape index (κ1) is 12.1. The zero-order chi connectivity index (χ0) is 11.4. The van der Waals surface area contributed by atoms with E-state index in [1.54, 1.807) is 11.8 Å². The van der Waals surface area contributed by atoms with Gasteiger partial charge in [-0.05, 0) is 19.8 Å². The minimum absolute atomic E-state index is 0.0470. The number of halogens is 1. The van der Waals surface area contributed by atoms with E-state index in [1.165, 1.54) is 0 Å². The molecule has 0 aromatic carbocycles. The smallest absolute Gasteiger partial charge is 0.312 e. The van der Waals surface area contributed by atoms with Crippen LogP contribution in [0.5, 0.6) is 0 Å². The zero-order valence-electron chi connectivity index (χ0n) is 8.70. The number of hydrogen-bond acceptors (Lipinski definition) is 2. The lowest BCUT2D eigenvalue weighted by Crippen LogP contribution is -2.49. The normalized spacial score (nSPS) is 19.7. The number of nitrogens with one attached hydrogen (secondary N) is 1. The maximum Gasteiger partial charge on any atom is 0.312 e. The van der Waals surface area contributed by atoms with E-state index in [1.807, 2.05) is 0 Å². The van der Waals surface area contributed by atoms with Gasteiger partial charge in [0.05, 0.1) is 0 Å². The highest BCUT2D eigenvalue weighted by Gasteiger charge is 2.25. The van der Waals surface area contributed by atoms with E-state index in [2.05, 4.69) is 5.32 Å². The van der Waals surface area contributed by atoms with Gasteiger partial charge in [0.2, 0.25) is 5.91 Å². The third kappa shape index (κ3) is 3.58. The van der Waals surface area contributed by atoms with Gasteiger partial charge in [0.15, 0.2) is 0 Å². The fraction of sp³-hybridized carbons (Fsp3) is 0.778. The molecular formula is C9H16ClN3O2. The van der Waals surface area contributed by atoms with Gasteiger partial charge in [-0.2, -0.15) is 0 Å². The predicted molar refractivity (Wildman–Crippen MR) is 57.6 cm³/mol. The Hall–Kier alpha value is -0.970. The summed E-state index contributed by atoms with van der Waals surface area (Å²) < 4.78 is 0. The lowest BCUT2D eigenvalue weighted by molar-refractivity contribution is -0.131. The van der Waals surface area contributed by atoms with Crippen LogP contribution >= 0.6 is 11.6 Å². The summed E-state index contributed by atoms with van der Waals surface area (Å²) in [5.74, 6) is -0.0470. The van der Waals surface area contributed by atoms with E-state index >= 15 is 0 Å². The second-order valence-corrected chi connectivity index (χ2v) is 4.38. The molecule has 1 saturated heterocycles. The fourth-order valence-corrected chi connectivity index (χ4v) is 1.83. The van der Waals surface area contributed by atoms with Crippen molar-refractivity contribution in [1.29, 1.82) is 0 Å². The summed E-state index contributed by atoms with van der Waals surface area (Å²) in [5, 5.41) is 2.16. The molecule has 0 radical (unpaired) electrons. The maximum absolute atomic E-state index is 11.5. The fourth-order valence-electron chi connectivity index (χ4n) is 1.70. The zero-order valence-corrected chi connectivity index (χ0v) is 9.46. The van der Waals surface area contributed by atoms with E-state index in [4.69, 9.17) is 17.3 Å². The van der Waals surface area contributed by atoms with Gasteiger partial charge in [0.1, 0.15) is 5.38 Å². The monoisotopic (exact) mass is 233 g/mol. The van der Waals surface area contributed by atoms with Gasteiger partial charge in [0, 0.05) is 19.1 Å². The SMILES string of the molecule is CC(Cl)C(=O)N1CCC(NC(N)=O)CC1. The van der Waals surface area contributed by atoms with Crippen LogP contribution in [0.15, 0.2) is 0 Å². The molecular weight excluding hydrogens is 218 g/mol. The van der Waals surface area contributed by atoms with Crippen LogP contribution in [0, 0.1) is 0 Å². The van der Waals surface area contributed by atoms with Gasteiger partial charge in [-0.15, -0.1) is 11.6 Å². The van der Waals surface area contributed by atoms with Crippen LogP contribution in [0.1, 0.15) is 19.8 Å². The van der Waals surface area contributed by atoms with Gasteiger partial charge in [-0.25, -0.2) is 4.79 Å². The molecule has 0 saturated carbocycles. The van der Waals surface area contributed by atoms with Crippen LogP contribution in [0.2, 0.25) is 0 Å². The molecule has 86 valence electrons. The highest BCUT2D eigenvalue weighted by Crippen LogP contribution is 2.12. The molecule has 3 amide bonds. The van der Waals surface area contributed by atoms with Crippen LogP contribution in [-0.2, 0) is 4.79 Å². The average Bonchev–Trinajstić information content (AvgIpc) is 2.17. The van der Waals surface area contributed by atoms with Gasteiger partial charge in [0.25, 0.3) is 0 Å². The van der Waals surface area contributed by atoms with Crippen molar-refractivity contribution < 1.29 is 9.59 Å². The molecule has 0 aromatic heterocycles. The van der Waals surface area contributed by atoms with Crippen molar-refractivity contribution in [3.63, 3.8) is 0 Å². The number of alkyl halides is 1. The van der Waals surface area contributed by atoms with Gasteiger partial charge < -0.3 is 16.0 Å². The van der Waals surface area contributed by atoms with Gasteiger partial charge in [-0.3, -0.25) is 4.79 Å². The van der Waals surface area contributed by atoms with Crippen molar-refractivity contribution in [3.8, 4) is 0 Å². The third-order valence-electron chi connectivity index (χ3n) is 2.49. The van der Waals surface area contributed by atoms with Crippen molar-refractivity contribution in [2.24, 2.45) is 5.73 Å². The second-order valence-electron chi connectivity index (χ2n) is 3.72. The summed E-state index contributed by atoms with van der Waals surface area (Å²) >= 11 is 5.70. The minimum Gasteiger partial charge on any atom is -0.352 e. The topological polar surface area (TPSA) is 75.4 Å². The number of carbonyl (C=O) groups is 2. The molecule has 0 bridgehead atoms. The van der Waals surface area contributed by atoms with Crippen molar-refractivity contribution in [1.82, 2.24) is 10.2 Å². The number of piperidine rings is 1. The summed E-state index contributed by atoms with van der Waals surface area (Å²) in [4.78, 5) is 23.8. The summed E-state index contributed by atoms with van der Waals surface area (Å²) in [6.07, 6.45) is 1.47. The highest BCUT2D eigenvalue weighted by atomic mass is 35.5. The summed E-state index contributed by atoms with van der Waals surface area (Å²) in [7, 11) is 0. The Morgan fingerprint density at radius 3 is 2.40 bits per heavy atom. The lowest BCUT2D eigenvalue weighted by Gasteiger charge is -2.32. The molecule has 0 spiro atoms. The number of urea groups is 1. The van der Waals surface area contributed by atoms with Crippen molar-refractivity contribution in [2.75, 3.05) is 13.1 Å². The average molecular weight is 234 g/mol. The van der Waals surface area contributed by atoms with Crippen LogP contribution < -0.4 is 11.1 Å². The molecule has 1 fully saturated rings. The molecule has 1 rings (SSSR count). The number of likely N-dealkylation sites (tertiary alicyclic amines) is 1. The number of amides is 3. The summed E-state index contributed by atoms with van der Waals surface area (Å²) in [6, 6.07) is -0.428. The van der Waals surface area contributed by atoms with E-state index < -0.39 is 11.4 Å². The van der Waals surface area contributed by atoms with Crippen molar-refractivity contribution in [3.05, 3.63) is 0 Å². The molecule has 0 aliphatic carbocycles. The minimum atomic E-state index is -0.509.